The average Bonchev–Trinajstić information content (AvgIpc) is 3.28. The number of anilines is 1. The zero-order chi connectivity index (χ0) is 24.4. The molecule has 0 saturated carbocycles. The molecular formula is C28H22F2N4O. The molecule has 3 heterocycles. The normalized spacial score (nSPS) is 12.7. The Bertz CT molecular complexity index is 1410. The zero-order valence-electron chi connectivity index (χ0n) is 19.0. The number of allylic oxidation sites excluding steroid dienone is 1. The number of hydrogen-bond donors (Lipinski definition) is 1. The minimum Gasteiger partial charge on any atom is -0.326 e. The van der Waals surface area contributed by atoms with Gasteiger partial charge in [0.1, 0.15) is 5.69 Å². The van der Waals surface area contributed by atoms with Gasteiger partial charge in [-0.15, -0.1) is 0 Å². The van der Waals surface area contributed by atoms with Crippen LogP contribution in [0.1, 0.15) is 35.1 Å². The number of carbonyl (C=O) groups excluding carboxylic acids is 1. The third kappa shape index (κ3) is 5.14. The minimum atomic E-state index is -3.08. The Morgan fingerprint density at radius 1 is 0.943 bits per heavy atom. The van der Waals surface area contributed by atoms with Crippen LogP contribution in [0, 0.1) is 0 Å². The Hall–Kier alpha value is -4.26. The monoisotopic (exact) mass is 468 g/mol. The molecule has 0 atom stereocenters. The second-order valence-corrected chi connectivity index (χ2v) is 8.55. The Kier molecular flexibility index (Phi) is 5.91. The summed E-state index contributed by atoms with van der Waals surface area (Å²) in [5.41, 5.74) is 6.88. The molecule has 0 radical (unpaired) electrons. The van der Waals surface area contributed by atoms with Gasteiger partial charge in [-0.1, -0.05) is 36.4 Å². The Morgan fingerprint density at radius 3 is 2.49 bits per heavy atom. The molecule has 1 aliphatic rings. The SMILES string of the molecule is CC(F)(F)c1cc(NC(=O)Cc2ccc(-c3cnc4c(c3)C=C(c3ccccc3)C4)cn2)ccn1. The van der Waals surface area contributed by atoms with Gasteiger partial charge in [-0.3, -0.25) is 19.7 Å². The number of nitrogens with one attached hydrogen (secondary N) is 1. The Morgan fingerprint density at radius 2 is 1.74 bits per heavy atom. The summed E-state index contributed by atoms with van der Waals surface area (Å²) in [6, 6.07) is 18.7. The number of alkyl halides is 2. The summed E-state index contributed by atoms with van der Waals surface area (Å²) in [4.78, 5) is 25.1. The molecule has 5 nitrogen and oxygen atoms in total. The zero-order valence-corrected chi connectivity index (χ0v) is 19.0. The van der Waals surface area contributed by atoms with Gasteiger partial charge in [0.05, 0.1) is 12.1 Å². The van der Waals surface area contributed by atoms with E-state index in [0.29, 0.717) is 5.69 Å². The van der Waals surface area contributed by atoms with Crippen molar-refractivity contribution in [3.63, 3.8) is 0 Å². The second kappa shape index (κ2) is 9.18. The van der Waals surface area contributed by atoms with Crippen molar-refractivity contribution in [3.05, 3.63) is 107 Å². The van der Waals surface area contributed by atoms with E-state index in [1.165, 1.54) is 29.5 Å². The summed E-state index contributed by atoms with van der Waals surface area (Å²) in [5.74, 6) is -3.43. The van der Waals surface area contributed by atoms with E-state index in [0.717, 1.165) is 35.7 Å². The summed E-state index contributed by atoms with van der Waals surface area (Å²) in [6.07, 6.45) is 7.80. The third-order valence-corrected chi connectivity index (χ3v) is 5.83. The van der Waals surface area contributed by atoms with Crippen molar-refractivity contribution < 1.29 is 13.6 Å². The van der Waals surface area contributed by atoms with Crippen molar-refractivity contribution >= 4 is 23.2 Å². The fourth-order valence-electron chi connectivity index (χ4n) is 4.02. The molecule has 0 saturated heterocycles. The van der Waals surface area contributed by atoms with E-state index in [1.807, 2.05) is 30.5 Å². The number of amides is 1. The molecule has 174 valence electrons. The summed E-state index contributed by atoms with van der Waals surface area (Å²) in [7, 11) is 0. The highest BCUT2D eigenvalue weighted by Gasteiger charge is 2.26. The number of nitrogens with zero attached hydrogens (tertiary/aromatic N) is 3. The third-order valence-electron chi connectivity index (χ3n) is 5.83. The highest BCUT2D eigenvalue weighted by molar-refractivity contribution is 5.92. The summed E-state index contributed by atoms with van der Waals surface area (Å²) in [6.45, 7) is 0.765. The molecule has 35 heavy (non-hydrogen) atoms. The van der Waals surface area contributed by atoms with Crippen molar-refractivity contribution in [2.24, 2.45) is 0 Å². The fourth-order valence-corrected chi connectivity index (χ4v) is 4.02. The van der Waals surface area contributed by atoms with E-state index in [-0.39, 0.29) is 18.0 Å². The van der Waals surface area contributed by atoms with Crippen molar-refractivity contribution in [1.29, 1.82) is 0 Å². The number of aromatic nitrogens is 3. The van der Waals surface area contributed by atoms with E-state index in [1.54, 1.807) is 12.3 Å². The molecule has 0 spiro atoms. The van der Waals surface area contributed by atoms with Crippen LogP contribution in [-0.4, -0.2) is 20.9 Å². The smallest absolute Gasteiger partial charge is 0.287 e. The molecule has 4 aromatic rings. The Labute approximate surface area is 201 Å². The van der Waals surface area contributed by atoms with Crippen LogP contribution in [-0.2, 0) is 23.6 Å². The van der Waals surface area contributed by atoms with Gasteiger partial charge in [-0.2, -0.15) is 8.78 Å². The van der Waals surface area contributed by atoms with Gasteiger partial charge in [-0.05, 0) is 47.0 Å². The lowest BCUT2D eigenvalue weighted by atomic mass is 10.1. The molecule has 0 fully saturated rings. The van der Waals surface area contributed by atoms with Crippen LogP contribution in [0.3, 0.4) is 0 Å². The van der Waals surface area contributed by atoms with Gasteiger partial charge in [0, 0.05) is 54.4 Å². The standard InChI is InChI=1S/C28H22F2N4O/c1-28(29,30)26-14-24(9-10-31-26)34-27(35)15-23-8-7-19(16-32-23)22-12-21-11-20(13-25(21)33-17-22)18-5-3-2-4-6-18/h2-12,14,16-17H,13,15H2,1H3,(H,31,34,35). The van der Waals surface area contributed by atoms with Crippen molar-refractivity contribution in [2.45, 2.75) is 25.7 Å². The maximum atomic E-state index is 13.5. The summed E-state index contributed by atoms with van der Waals surface area (Å²) >= 11 is 0. The van der Waals surface area contributed by atoms with Gasteiger partial charge in [0.25, 0.3) is 5.92 Å². The maximum absolute atomic E-state index is 13.5. The van der Waals surface area contributed by atoms with Crippen molar-refractivity contribution in [1.82, 2.24) is 15.0 Å². The van der Waals surface area contributed by atoms with Crippen LogP contribution in [0.2, 0.25) is 0 Å². The van der Waals surface area contributed by atoms with Gasteiger partial charge in [-0.25, -0.2) is 0 Å². The van der Waals surface area contributed by atoms with Crippen LogP contribution in [0.4, 0.5) is 14.5 Å². The highest BCUT2D eigenvalue weighted by Crippen LogP contribution is 2.32. The van der Waals surface area contributed by atoms with Crippen LogP contribution >= 0.6 is 0 Å². The minimum absolute atomic E-state index is 0.0199. The maximum Gasteiger partial charge on any atom is 0.287 e. The number of pyridine rings is 3. The van der Waals surface area contributed by atoms with E-state index in [9.17, 15) is 13.6 Å². The van der Waals surface area contributed by atoms with Gasteiger partial charge >= 0.3 is 0 Å². The first-order valence-electron chi connectivity index (χ1n) is 11.2. The quantitative estimate of drug-likeness (QED) is 0.381. The number of benzene rings is 1. The first kappa shape index (κ1) is 22.5. The lowest BCUT2D eigenvalue weighted by Gasteiger charge is -2.11. The van der Waals surface area contributed by atoms with Crippen LogP contribution in [0.5, 0.6) is 0 Å². The molecule has 1 amide bonds. The van der Waals surface area contributed by atoms with Crippen molar-refractivity contribution in [2.75, 3.05) is 5.32 Å². The summed E-state index contributed by atoms with van der Waals surface area (Å²) in [5, 5.41) is 2.63. The highest BCUT2D eigenvalue weighted by atomic mass is 19.3. The summed E-state index contributed by atoms with van der Waals surface area (Å²) < 4.78 is 26.9. The van der Waals surface area contributed by atoms with Crippen LogP contribution in [0.25, 0.3) is 22.8 Å². The lowest BCUT2D eigenvalue weighted by molar-refractivity contribution is -0.115. The Balaban J connectivity index is 1.26. The number of fused-ring (bicyclic) bond motifs is 1. The van der Waals surface area contributed by atoms with Crippen molar-refractivity contribution in [3.8, 4) is 11.1 Å². The average molecular weight is 469 g/mol. The van der Waals surface area contributed by atoms with E-state index >= 15 is 0 Å². The number of hydrogen-bond acceptors (Lipinski definition) is 4. The first-order chi connectivity index (χ1) is 16.8. The predicted octanol–water partition coefficient (Wildman–Crippen LogP) is 5.93. The first-order valence-corrected chi connectivity index (χ1v) is 11.2. The van der Waals surface area contributed by atoms with Crippen LogP contribution < -0.4 is 5.32 Å². The lowest BCUT2D eigenvalue weighted by Crippen LogP contribution is -2.16. The molecule has 7 heteroatoms. The number of carbonyl (C=O) groups is 1. The molecule has 0 unspecified atom stereocenters. The van der Waals surface area contributed by atoms with E-state index in [4.69, 9.17) is 0 Å². The fraction of sp³-hybridized carbons (Fsp3) is 0.143. The van der Waals surface area contributed by atoms with Gasteiger partial charge in [0.15, 0.2) is 0 Å². The number of rotatable bonds is 6. The molecular weight excluding hydrogens is 446 g/mol. The van der Waals surface area contributed by atoms with E-state index in [2.05, 4.69) is 44.5 Å². The number of halogens is 2. The molecule has 1 aliphatic carbocycles. The molecule has 1 N–H and O–H groups in total. The predicted molar refractivity (Wildman–Crippen MR) is 132 cm³/mol. The molecule has 3 aromatic heterocycles. The molecule has 1 aromatic carbocycles. The van der Waals surface area contributed by atoms with Gasteiger partial charge < -0.3 is 5.32 Å². The van der Waals surface area contributed by atoms with Crippen LogP contribution in [0.15, 0.2) is 79.3 Å². The molecule has 0 bridgehead atoms. The molecule has 5 rings (SSSR count). The molecule has 0 aliphatic heterocycles. The largest absolute Gasteiger partial charge is 0.326 e. The second-order valence-electron chi connectivity index (χ2n) is 8.55. The topological polar surface area (TPSA) is 67.8 Å². The van der Waals surface area contributed by atoms with Gasteiger partial charge in [0.2, 0.25) is 5.91 Å². The van der Waals surface area contributed by atoms with E-state index < -0.39 is 11.6 Å².